The maximum atomic E-state index is 6.46. The van der Waals surface area contributed by atoms with Crippen LogP contribution in [0.15, 0.2) is 54.6 Å². The van der Waals surface area contributed by atoms with Crippen molar-refractivity contribution in [2.24, 2.45) is 0 Å². The molecule has 0 aliphatic heterocycles. The maximum absolute atomic E-state index is 6.46. The molecule has 0 saturated carbocycles. The van der Waals surface area contributed by atoms with E-state index < -0.39 is 0 Å². The smallest absolute Gasteiger partial charge is 0.163 e. The van der Waals surface area contributed by atoms with Crippen LogP contribution in [0, 0.1) is 6.92 Å². The number of rotatable bonds is 7. The number of hydrogen-bond donors (Lipinski definition) is 1. The summed E-state index contributed by atoms with van der Waals surface area (Å²) >= 11 is 18.6. The first-order chi connectivity index (χ1) is 13.5. The number of ether oxygens (including phenoxy) is 2. The van der Waals surface area contributed by atoms with Crippen molar-refractivity contribution < 1.29 is 9.47 Å². The van der Waals surface area contributed by atoms with Crippen LogP contribution in [0.2, 0.25) is 15.1 Å². The van der Waals surface area contributed by atoms with E-state index in [4.69, 9.17) is 44.3 Å². The summed E-state index contributed by atoms with van der Waals surface area (Å²) in [6.07, 6.45) is 0. The summed E-state index contributed by atoms with van der Waals surface area (Å²) in [5.74, 6) is 1.22. The van der Waals surface area contributed by atoms with Crippen molar-refractivity contribution in [2.75, 3.05) is 12.4 Å². The number of halogens is 3. The van der Waals surface area contributed by atoms with E-state index >= 15 is 0 Å². The van der Waals surface area contributed by atoms with Crippen LogP contribution in [0.5, 0.6) is 11.5 Å². The lowest BCUT2D eigenvalue weighted by molar-refractivity contribution is 0.284. The van der Waals surface area contributed by atoms with Crippen LogP contribution in [-0.2, 0) is 13.2 Å². The van der Waals surface area contributed by atoms with Crippen molar-refractivity contribution >= 4 is 40.5 Å². The van der Waals surface area contributed by atoms with E-state index in [-0.39, 0.29) is 0 Å². The molecule has 0 heterocycles. The normalized spacial score (nSPS) is 10.6. The van der Waals surface area contributed by atoms with Gasteiger partial charge in [-0.2, -0.15) is 0 Å². The average molecular weight is 437 g/mol. The molecule has 0 aromatic heterocycles. The highest BCUT2D eigenvalue weighted by molar-refractivity contribution is 6.36. The molecule has 3 rings (SSSR count). The number of hydrogen-bond acceptors (Lipinski definition) is 3. The Morgan fingerprint density at radius 3 is 2.29 bits per heavy atom. The van der Waals surface area contributed by atoms with E-state index in [0.29, 0.717) is 39.7 Å². The molecule has 0 atom stereocenters. The second-order valence-electron chi connectivity index (χ2n) is 6.35. The molecule has 0 unspecified atom stereocenters. The van der Waals surface area contributed by atoms with Crippen LogP contribution in [-0.4, -0.2) is 7.11 Å². The third-order valence-electron chi connectivity index (χ3n) is 4.25. The molecule has 28 heavy (non-hydrogen) atoms. The zero-order valence-electron chi connectivity index (χ0n) is 15.6. The second-order valence-corrected chi connectivity index (χ2v) is 7.60. The topological polar surface area (TPSA) is 30.5 Å². The first-order valence-electron chi connectivity index (χ1n) is 8.70. The van der Waals surface area contributed by atoms with Crippen molar-refractivity contribution in [2.45, 2.75) is 20.1 Å². The lowest BCUT2D eigenvalue weighted by Crippen LogP contribution is -2.03. The van der Waals surface area contributed by atoms with Gasteiger partial charge in [-0.1, -0.05) is 64.6 Å². The highest BCUT2D eigenvalue weighted by Crippen LogP contribution is 2.35. The van der Waals surface area contributed by atoms with Gasteiger partial charge in [-0.15, -0.1) is 0 Å². The Labute approximate surface area is 180 Å². The highest BCUT2D eigenvalue weighted by atomic mass is 35.5. The minimum absolute atomic E-state index is 0.435. The van der Waals surface area contributed by atoms with Crippen LogP contribution >= 0.6 is 34.8 Å². The molecule has 0 fully saturated rings. The highest BCUT2D eigenvalue weighted by Gasteiger charge is 2.12. The summed E-state index contributed by atoms with van der Waals surface area (Å²) in [6, 6.07) is 17.1. The Bertz CT molecular complexity index is 959. The molecule has 0 bridgehead atoms. The van der Waals surface area contributed by atoms with Gasteiger partial charge in [0.05, 0.1) is 17.8 Å². The van der Waals surface area contributed by atoms with Crippen molar-refractivity contribution in [3.8, 4) is 11.5 Å². The van der Waals surface area contributed by atoms with Gasteiger partial charge in [-0.3, -0.25) is 0 Å². The molecule has 3 aromatic rings. The molecule has 6 heteroatoms. The summed E-state index contributed by atoms with van der Waals surface area (Å²) in [4.78, 5) is 0. The Morgan fingerprint density at radius 2 is 1.61 bits per heavy atom. The zero-order chi connectivity index (χ0) is 20.1. The van der Waals surface area contributed by atoms with Crippen molar-refractivity contribution in [3.63, 3.8) is 0 Å². The molecule has 1 N–H and O–H groups in total. The van der Waals surface area contributed by atoms with Crippen LogP contribution in [0.1, 0.15) is 16.7 Å². The molecule has 3 nitrogen and oxygen atoms in total. The van der Waals surface area contributed by atoms with Gasteiger partial charge in [0.1, 0.15) is 6.61 Å². The van der Waals surface area contributed by atoms with Gasteiger partial charge < -0.3 is 14.8 Å². The van der Waals surface area contributed by atoms with Gasteiger partial charge >= 0.3 is 0 Å². The average Bonchev–Trinajstić information content (AvgIpc) is 2.68. The number of aryl methyl sites for hydroxylation is 1. The molecule has 0 spiro atoms. The fourth-order valence-corrected chi connectivity index (χ4v) is 3.35. The van der Waals surface area contributed by atoms with Crippen LogP contribution in [0.4, 0.5) is 5.69 Å². The largest absolute Gasteiger partial charge is 0.493 e. The molecule has 0 amide bonds. The molecular weight excluding hydrogens is 417 g/mol. The third-order valence-corrected chi connectivity index (χ3v) is 5.15. The molecular formula is C22H20Cl3NO2. The monoisotopic (exact) mass is 435 g/mol. The van der Waals surface area contributed by atoms with Crippen molar-refractivity contribution in [3.05, 3.63) is 86.4 Å². The predicted octanol–water partition coefficient (Wildman–Crippen LogP) is 7.15. The summed E-state index contributed by atoms with van der Waals surface area (Å²) < 4.78 is 11.4. The standard InChI is InChI=1S/C22H20Cl3NO2/c1-14-3-5-15(6-4-14)13-28-22-11-18(24)16(9-21(22)27-2)12-26-20-8-7-17(23)10-19(20)25/h3-11,26H,12-13H2,1-2H3. The molecule has 0 radical (unpaired) electrons. The van der Waals surface area contributed by atoms with E-state index in [9.17, 15) is 0 Å². The van der Waals surface area contributed by atoms with Crippen LogP contribution in [0.25, 0.3) is 0 Å². The fraction of sp³-hybridized carbons (Fsp3) is 0.182. The number of anilines is 1. The fourth-order valence-electron chi connectivity index (χ4n) is 2.65. The Hall–Kier alpha value is -2.07. The molecule has 3 aromatic carbocycles. The Morgan fingerprint density at radius 1 is 0.857 bits per heavy atom. The van der Waals surface area contributed by atoms with E-state index in [1.807, 2.05) is 24.3 Å². The first kappa shape index (κ1) is 20.7. The van der Waals surface area contributed by atoms with Gasteiger partial charge in [0.25, 0.3) is 0 Å². The predicted molar refractivity (Wildman–Crippen MR) is 117 cm³/mol. The first-order valence-corrected chi connectivity index (χ1v) is 9.83. The summed E-state index contributed by atoms with van der Waals surface area (Å²) in [5.41, 5.74) is 3.93. The van der Waals surface area contributed by atoms with Gasteiger partial charge in [0.2, 0.25) is 0 Å². The van der Waals surface area contributed by atoms with Gasteiger partial charge in [0, 0.05) is 22.7 Å². The van der Waals surface area contributed by atoms with Crippen LogP contribution < -0.4 is 14.8 Å². The second kappa shape index (κ2) is 9.42. The zero-order valence-corrected chi connectivity index (χ0v) is 17.8. The van der Waals surface area contributed by atoms with Gasteiger partial charge in [0.15, 0.2) is 11.5 Å². The lowest BCUT2D eigenvalue weighted by atomic mass is 10.1. The number of benzene rings is 3. The lowest BCUT2D eigenvalue weighted by Gasteiger charge is -2.15. The number of nitrogens with one attached hydrogen (secondary N) is 1. The molecule has 146 valence electrons. The minimum atomic E-state index is 0.435. The Balaban J connectivity index is 1.72. The third kappa shape index (κ3) is 5.26. The Kier molecular flexibility index (Phi) is 6.95. The SMILES string of the molecule is COc1cc(CNc2ccc(Cl)cc2Cl)c(Cl)cc1OCc1ccc(C)cc1. The quantitative estimate of drug-likeness (QED) is 0.426. The minimum Gasteiger partial charge on any atom is -0.493 e. The molecule has 0 saturated heterocycles. The summed E-state index contributed by atoms with van der Waals surface area (Å²) in [7, 11) is 1.61. The van der Waals surface area contributed by atoms with Crippen LogP contribution in [0.3, 0.4) is 0 Å². The van der Waals surface area contributed by atoms with Gasteiger partial charge in [-0.05, 0) is 42.3 Å². The molecule has 0 aliphatic rings. The van der Waals surface area contributed by atoms with E-state index in [0.717, 1.165) is 16.8 Å². The number of methoxy groups -OCH3 is 1. The van der Waals surface area contributed by atoms with Crippen molar-refractivity contribution in [1.82, 2.24) is 0 Å². The maximum Gasteiger partial charge on any atom is 0.163 e. The van der Waals surface area contributed by atoms with Gasteiger partial charge in [-0.25, -0.2) is 0 Å². The van der Waals surface area contributed by atoms with E-state index in [2.05, 4.69) is 24.4 Å². The summed E-state index contributed by atoms with van der Waals surface area (Å²) in [6.45, 7) is 2.97. The van der Waals surface area contributed by atoms with E-state index in [1.54, 1.807) is 25.3 Å². The molecule has 0 aliphatic carbocycles. The summed E-state index contributed by atoms with van der Waals surface area (Å²) in [5, 5.41) is 4.98. The van der Waals surface area contributed by atoms with Crippen molar-refractivity contribution in [1.29, 1.82) is 0 Å². The van der Waals surface area contributed by atoms with E-state index in [1.165, 1.54) is 5.56 Å².